The summed E-state index contributed by atoms with van der Waals surface area (Å²) >= 11 is 0. The van der Waals surface area contributed by atoms with Crippen LogP contribution in [-0.2, 0) is 19.1 Å². The topological polar surface area (TPSA) is 79.3 Å². The summed E-state index contributed by atoms with van der Waals surface area (Å²) in [5, 5.41) is 10.3. The molecule has 0 spiro atoms. The Bertz CT molecular complexity index is 1000. The van der Waals surface area contributed by atoms with Crippen LogP contribution in [0.25, 0.3) is 0 Å². The molecule has 1 aliphatic rings. The molecule has 0 aromatic heterocycles. The molecule has 392 valence electrons. The second-order valence-corrected chi connectivity index (χ2v) is 21.3. The first-order chi connectivity index (χ1) is 32.4. The zero-order valence-electron chi connectivity index (χ0n) is 45.2. The molecule has 1 fully saturated rings. The van der Waals surface area contributed by atoms with Gasteiger partial charge in [-0.05, 0) is 115 Å². The minimum Gasteiger partial charge on any atom is -0.465 e. The van der Waals surface area contributed by atoms with E-state index in [4.69, 9.17) is 9.47 Å². The summed E-state index contributed by atoms with van der Waals surface area (Å²) in [5.74, 6) is 1.06. The molecule has 66 heavy (non-hydrogen) atoms. The first kappa shape index (κ1) is 62.8. The first-order valence-electron chi connectivity index (χ1n) is 29.8. The van der Waals surface area contributed by atoms with E-state index in [2.05, 4.69) is 44.4 Å². The van der Waals surface area contributed by atoms with Crippen LogP contribution in [0.15, 0.2) is 0 Å². The molecule has 1 rings (SSSR count). The van der Waals surface area contributed by atoms with E-state index in [-0.39, 0.29) is 18.0 Å². The van der Waals surface area contributed by atoms with Gasteiger partial charge < -0.3 is 19.5 Å². The molecule has 0 atom stereocenters. The molecule has 0 radical (unpaired) electrons. The van der Waals surface area contributed by atoms with E-state index in [1.165, 1.54) is 180 Å². The lowest BCUT2D eigenvalue weighted by atomic mass is 9.91. The van der Waals surface area contributed by atoms with Crippen molar-refractivity contribution in [1.82, 2.24) is 9.80 Å². The van der Waals surface area contributed by atoms with Gasteiger partial charge in [0, 0.05) is 32.0 Å². The highest BCUT2D eigenvalue weighted by Gasteiger charge is 2.25. The SMILES string of the molecule is CCCCCCCCC(CCCCCCCC)COC(=O)CCCCCN(CCC)CCN(CCCCCC(=O)OCC(CCCCCCCC)CCCCCCCC)C1CCC(O)CC1. The zero-order chi connectivity index (χ0) is 48.0. The van der Waals surface area contributed by atoms with Gasteiger partial charge in [0.05, 0.1) is 19.3 Å². The van der Waals surface area contributed by atoms with Crippen LogP contribution >= 0.6 is 0 Å². The summed E-state index contributed by atoms with van der Waals surface area (Å²) < 4.78 is 11.9. The summed E-state index contributed by atoms with van der Waals surface area (Å²) in [6.07, 6.45) is 48.8. The van der Waals surface area contributed by atoms with Crippen LogP contribution < -0.4 is 0 Å². The molecular formula is C59H116N2O5. The van der Waals surface area contributed by atoms with E-state index in [1.54, 1.807) is 0 Å². The summed E-state index contributed by atoms with van der Waals surface area (Å²) in [4.78, 5) is 31.1. The molecule has 0 aliphatic heterocycles. The normalized spacial score (nSPS) is 15.5. The average Bonchev–Trinajstić information content (AvgIpc) is 3.32. The molecule has 1 N–H and O–H groups in total. The summed E-state index contributed by atoms with van der Waals surface area (Å²) in [7, 11) is 0. The molecule has 0 unspecified atom stereocenters. The van der Waals surface area contributed by atoms with E-state index < -0.39 is 0 Å². The predicted octanol–water partition coefficient (Wildman–Crippen LogP) is 16.7. The molecule has 0 bridgehead atoms. The predicted molar refractivity (Wildman–Crippen MR) is 284 cm³/mol. The highest BCUT2D eigenvalue weighted by molar-refractivity contribution is 5.69. The Hall–Kier alpha value is -1.18. The Labute approximate surface area is 412 Å². The highest BCUT2D eigenvalue weighted by atomic mass is 16.5. The van der Waals surface area contributed by atoms with Crippen molar-refractivity contribution >= 4 is 11.9 Å². The van der Waals surface area contributed by atoms with E-state index in [0.29, 0.717) is 43.9 Å². The van der Waals surface area contributed by atoms with Crippen molar-refractivity contribution in [2.75, 3.05) is 45.9 Å². The van der Waals surface area contributed by atoms with Gasteiger partial charge in [0.2, 0.25) is 0 Å². The molecule has 1 saturated carbocycles. The Kier molecular flexibility index (Phi) is 45.2. The van der Waals surface area contributed by atoms with Crippen LogP contribution in [0, 0.1) is 11.8 Å². The van der Waals surface area contributed by atoms with Crippen molar-refractivity contribution in [3.63, 3.8) is 0 Å². The number of carbonyl (C=O) groups excluding carboxylic acids is 2. The zero-order valence-corrected chi connectivity index (χ0v) is 45.2. The molecule has 0 aromatic rings. The maximum absolute atomic E-state index is 12.9. The van der Waals surface area contributed by atoms with Gasteiger partial charge in [-0.25, -0.2) is 0 Å². The average molecular weight is 934 g/mol. The fourth-order valence-corrected chi connectivity index (χ4v) is 10.4. The van der Waals surface area contributed by atoms with E-state index in [1.807, 2.05) is 0 Å². The molecule has 7 nitrogen and oxygen atoms in total. The van der Waals surface area contributed by atoms with Crippen LogP contribution in [0.5, 0.6) is 0 Å². The summed E-state index contributed by atoms with van der Waals surface area (Å²) in [6, 6.07) is 0.541. The van der Waals surface area contributed by atoms with Gasteiger partial charge in [-0.15, -0.1) is 0 Å². The van der Waals surface area contributed by atoms with Crippen LogP contribution in [0.4, 0.5) is 0 Å². The summed E-state index contributed by atoms with van der Waals surface area (Å²) in [5.41, 5.74) is 0. The second kappa shape index (κ2) is 47.5. The first-order valence-corrected chi connectivity index (χ1v) is 29.8. The van der Waals surface area contributed by atoms with Gasteiger partial charge in [0.15, 0.2) is 0 Å². The van der Waals surface area contributed by atoms with Gasteiger partial charge in [-0.1, -0.05) is 202 Å². The van der Waals surface area contributed by atoms with Crippen molar-refractivity contribution in [3.8, 4) is 0 Å². The number of unbranched alkanes of at least 4 members (excludes halogenated alkanes) is 24. The van der Waals surface area contributed by atoms with Crippen LogP contribution in [-0.4, -0.2) is 84.9 Å². The Morgan fingerprint density at radius 3 is 1.17 bits per heavy atom. The van der Waals surface area contributed by atoms with Crippen LogP contribution in [0.2, 0.25) is 0 Å². The fraction of sp³-hybridized carbons (Fsp3) is 0.966. The smallest absolute Gasteiger partial charge is 0.305 e. The second-order valence-electron chi connectivity index (χ2n) is 21.3. The number of nitrogens with zero attached hydrogens (tertiary/aromatic N) is 2. The third-order valence-corrected chi connectivity index (χ3v) is 14.9. The van der Waals surface area contributed by atoms with Gasteiger partial charge in [0.1, 0.15) is 0 Å². The van der Waals surface area contributed by atoms with Gasteiger partial charge in [0.25, 0.3) is 0 Å². The number of esters is 2. The van der Waals surface area contributed by atoms with Crippen molar-refractivity contribution in [2.24, 2.45) is 11.8 Å². The molecular weight excluding hydrogens is 817 g/mol. The van der Waals surface area contributed by atoms with Crippen molar-refractivity contribution in [3.05, 3.63) is 0 Å². The maximum atomic E-state index is 12.9. The number of hydrogen-bond acceptors (Lipinski definition) is 7. The monoisotopic (exact) mass is 933 g/mol. The van der Waals surface area contributed by atoms with E-state index >= 15 is 0 Å². The number of rotatable bonds is 50. The Morgan fingerprint density at radius 1 is 0.409 bits per heavy atom. The lowest BCUT2D eigenvalue weighted by Gasteiger charge is -2.37. The molecule has 7 heteroatoms. The van der Waals surface area contributed by atoms with Gasteiger partial charge in [-0.3, -0.25) is 14.5 Å². The summed E-state index contributed by atoms with van der Waals surface area (Å²) in [6.45, 7) is 18.0. The Balaban J connectivity index is 2.49. The Morgan fingerprint density at radius 2 is 0.773 bits per heavy atom. The van der Waals surface area contributed by atoms with Crippen molar-refractivity contribution in [1.29, 1.82) is 0 Å². The highest BCUT2D eigenvalue weighted by Crippen LogP contribution is 2.25. The third kappa shape index (κ3) is 38.6. The minimum absolute atomic E-state index is 0.00219. The van der Waals surface area contributed by atoms with Crippen molar-refractivity contribution < 1.29 is 24.2 Å². The molecule has 1 aliphatic carbocycles. The molecule has 0 aromatic carbocycles. The van der Waals surface area contributed by atoms with E-state index in [0.717, 1.165) is 103 Å². The lowest BCUT2D eigenvalue weighted by molar-refractivity contribution is -0.146. The minimum atomic E-state index is -0.143. The number of carbonyl (C=O) groups is 2. The third-order valence-electron chi connectivity index (χ3n) is 14.9. The van der Waals surface area contributed by atoms with E-state index in [9.17, 15) is 14.7 Å². The lowest BCUT2D eigenvalue weighted by Crippen LogP contribution is -2.44. The van der Waals surface area contributed by atoms with Gasteiger partial charge in [-0.2, -0.15) is 0 Å². The number of aliphatic hydroxyl groups is 1. The van der Waals surface area contributed by atoms with Crippen molar-refractivity contribution in [2.45, 2.75) is 310 Å². The number of ether oxygens (including phenoxy) is 2. The molecule has 0 heterocycles. The quantitative estimate of drug-likeness (QED) is 0.0481. The molecule has 0 amide bonds. The standard InChI is InChI=1S/C59H116N2O5/c1-6-11-15-19-23-29-37-54(38-30-24-20-16-12-7-2)52-65-58(63)41-33-27-35-48-60(47-10-5)50-51-61(56-43-45-57(62)46-44-56)49-36-28-34-42-59(64)66-53-55(39-31-25-21-17-13-8-3)40-32-26-22-18-14-9-4/h54-57,62H,6-53H2,1-5H3. The fourth-order valence-electron chi connectivity index (χ4n) is 10.4. The maximum Gasteiger partial charge on any atom is 0.305 e. The number of hydrogen-bond donors (Lipinski definition) is 1. The van der Waals surface area contributed by atoms with Crippen LogP contribution in [0.3, 0.4) is 0 Å². The van der Waals surface area contributed by atoms with Gasteiger partial charge >= 0.3 is 11.9 Å². The molecule has 0 saturated heterocycles. The number of aliphatic hydroxyl groups excluding tert-OH is 1. The van der Waals surface area contributed by atoms with Crippen LogP contribution in [0.1, 0.15) is 298 Å². The largest absolute Gasteiger partial charge is 0.465 e.